The Hall–Kier alpha value is -0.640. The zero-order valence-electron chi connectivity index (χ0n) is 8.30. The highest BCUT2D eigenvalue weighted by Gasteiger charge is 2.55. The molecule has 1 aliphatic rings. The van der Waals surface area contributed by atoms with Gasteiger partial charge in [-0.3, -0.25) is 9.36 Å². The highest BCUT2D eigenvalue weighted by molar-refractivity contribution is 7.74. The van der Waals surface area contributed by atoms with Crippen LogP contribution in [0, 0.1) is 5.92 Å². The summed E-state index contributed by atoms with van der Waals surface area (Å²) in [7, 11) is -2.29. The van der Waals surface area contributed by atoms with Crippen LogP contribution in [0.4, 0.5) is 4.79 Å². The van der Waals surface area contributed by atoms with Crippen molar-refractivity contribution in [2.45, 2.75) is 12.1 Å². The van der Waals surface area contributed by atoms with Gasteiger partial charge in [-0.2, -0.15) is 0 Å². The molecule has 5 nitrogen and oxygen atoms in total. The normalized spacial score (nSPS) is 34.4. The van der Waals surface area contributed by atoms with Crippen LogP contribution in [-0.2, 0) is 4.57 Å². The van der Waals surface area contributed by atoms with Crippen LogP contribution >= 0.6 is 7.37 Å². The molecule has 0 radical (unpaired) electrons. The molecule has 0 heterocycles. The first-order valence-corrected chi connectivity index (χ1v) is 6.34. The lowest BCUT2D eigenvalue weighted by atomic mass is 10.3. The van der Waals surface area contributed by atoms with Gasteiger partial charge in [-0.1, -0.05) is 6.08 Å². The summed E-state index contributed by atoms with van der Waals surface area (Å²) in [4.78, 5) is 21.7. The molecule has 80 valence electrons. The molecule has 3 atom stereocenters. The maximum absolute atomic E-state index is 11.4. The lowest BCUT2D eigenvalue weighted by molar-refractivity contribution is 0.201. The molecule has 0 aromatic carbocycles. The van der Waals surface area contributed by atoms with E-state index in [4.69, 9.17) is 10.6 Å². The highest BCUT2D eigenvalue weighted by Crippen LogP contribution is 2.49. The van der Waals surface area contributed by atoms with Crippen LogP contribution in [0.1, 0.15) is 6.42 Å². The smallest absolute Gasteiger partial charge is 0.309 e. The summed E-state index contributed by atoms with van der Waals surface area (Å²) in [6.07, 6.45) is 2.25. The van der Waals surface area contributed by atoms with Crippen molar-refractivity contribution in [3.63, 3.8) is 0 Å². The number of hydrogen-bond donors (Lipinski definition) is 2. The van der Waals surface area contributed by atoms with Gasteiger partial charge in [-0.05, 0) is 6.42 Å². The van der Waals surface area contributed by atoms with E-state index >= 15 is 0 Å². The Labute approximate surface area is 83.0 Å². The number of rotatable bonds is 3. The fourth-order valence-electron chi connectivity index (χ4n) is 1.42. The van der Waals surface area contributed by atoms with Gasteiger partial charge >= 0.3 is 5.65 Å². The van der Waals surface area contributed by atoms with Gasteiger partial charge in [0.25, 0.3) is 7.37 Å². The predicted molar refractivity (Wildman–Crippen MR) is 54.1 cm³/mol. The first-order valence-electron chi connectivity index (χ1n) is 4.23. The maximum Gasteiger partial charge on any atom is 0.309 e. The minimum atomic E-state index is -3.73. The second-order valence-corrected chi connectivity index (χ2v) is 5.90. The van der Waals surface area contributed by atoms with Gasteiger partial charge in [0.15, 0.2) is 0 Å². The van der Waals surface area contributed by atoms with E-state index < -0.39 is 18.7 Å². The third-order valence-corrected chi connectivity index (χ3v) is 3.59. The highest BCUT2D eigenvalue weighted by atomic mass is 31.2. The lowest BCUT2D eigenvalue weighted by Gasteiger charge is -2.26. The molecule has 1 rings (SSSR count). The SMILES string of the molecule is C=CC1CC1(N)N(C)C(=O)P(C)(=O)O. The van der Waals surface area contributed by atoms with Crippen molar-refractivity contribution >= 4 is 13.0 Å². The van der Waals surface area contributed by atoms with Crippen molar-refractivity contribution in [3.05, 3.63) is 12.7 Å². The van der Waals surface area contributed by atoms with Gasteiger partial charge in [0.1, 0.15) is 0 Å². The monoisotopic (exact) mass is 218 g/mol. The molecule has 0 spiro atoms. The number of nitrogens with two attached hydrogens (primary N) is 1. The van der Waals surface area contributed by atoms with E-state index in [0.717, 1.165) is 11.6 Å². The summed E-state index contributed by atoms with van der Waals surface area (Å²) in [6, 6.07) is 0. The van der Waals surface area contributed by atoms with Crippen molar-refractivity contribution in [1.29, 1.82) is 0 Å². The van der Waals surface area contributed by atoms with E-state index in [1.165, 1.54) is 7.05 Å². The molecule has 14 heavy (non-hydrogen) atoms. The topological polar surface area (TPSA) is 83.6 Å². The molecule has 3 unspecified atom stereocenters. The Balaban J connectivity index is 2.78. The lowest BCUT2D eigenvalue weighted by Crippen LogP contribution is -2.46. The Morgan fingerprint density at radius 2 is 2.36 bits per heavy atom. The first-order chi connectivity index (χ1) is 6.23. The van der Waals surface area contributed by atoms with Gasteiger partial charge in [0, 0.05) is 19.6 Å². The second kappa shape index (κ2) is 3.19. The molecule has 0 aromatic rings. The van der Waals surface area contributed by atoms with E-state index in [-0.39, 0.29) is 5.92 Å². The molecule has 1 saturated carbocycles. The van der Waals surface area contributed by atoms with Crippen LogP contribution in [0.5, 0.6) is 0 Å². The first kappa shape index (κ1) is 11.4. The fourth-order valence-corrected chi connectivity index (χ4v) is 2.17. The summed E-state index contributed by atoms with van der Waals surface area (Å²) in [5.74, 6) is 0.0167. The van der Waals surface area contributed by atoms with E-state index in [2.05, 4.69) is 6.58 Å². The molecule has 1 amide bonds. The number of hydrogen-bond acceptors (Lipinski definition) is 3. The molecule has 3 N–H and O–H groups in total. The van der Waals surface area contributed by atoms with Crippen LogP contribution in [0.2, 0.25) is 0 Å². The summed E-state index contributed by atoms with van der Waals surface area (Å²) >= 11 is 0. The van der Waals surface area contributed by atoms with Gasteiger partial charge in [0.05, 0.1) is 5.66 Å². The Bertz CT molecular complexity index is 325. The van der Waals surface area contributed by atoms with Crippen molar-refractivity contribution in [2.75, 3.05) is 13.7 Å². The quantitative estimate of drug-likeness (QED) is 0.417. The molecular weight excluding hydrogens is 203 g/mol. The molecule has 0 aliphatic heterocycles. The van der Waals surface area contributed by atoms with Gasteiger partial charge in [0.2, 0.25) is 0 Å². The number of carbonyl (C=O) groups is 1. The largest absolute Gasteiger partial charge is 0.338 e. The van der Waals surface area contributed by atoms with Crippen LogP contribution in [0.25, 0.3) is 0 Å². The molecule has 6 heteroatoms. The summed E-state index contributed by atoms with van der Waals surface area (Å²) in [5.41, 5.74) is 4.23. The van der Waals surface area contributed by atoms with Crippen molar-refractivity contribution in [3.8, 4) is 0 Å². The minimum absolute atomic E-state index is 0.0167. The van der Waals surface area contributed by atoms with Crippen LogP contribution in [0.15, 0.2) is 12.7 Å². The standard InChI is InChI=1S/C8H15N2O3P/c1-4-6-5-8(6,9)10(2)7(11)14(3,12)13/h4,6H,1,5,9H2,2-3H3,(H,12,13). The van der Waals surface area contributed by atoms with Gasteiger partial charge in [-0.25, -0.2) is 0 Å². The predicted octanol–water partition coefficient (Wildman–Crippen LogP) is 0.799. The van der Waals surface area contributed by atoms with Gasteiger partial charge < -0.3 is 15.5 Å². The zero-order valence-corrected chi connectivity index (χ0v) is 9.20. The second-order valence-electron chi connectivity index (χ2n) is 3.76. The van der Waals surface area contributed by atoms with E-state index in [1.54, 1.807) is 6.08 Å². The number of amides is 1. The summed E-state index contributed by atoms with van der Waals surface area (Å²) in [6.45, 7) is 4.59. The molecular formula is C8H15N2O3P. The van der Waals surface area contributed by atoms with Crippen LogP contribution in [0.3, 0.4) is 0 Å². The van der Waals surface area contributed by atoms with E-state index in [9.17, 15) is 9.36 Å². The maximum atomic E-state index is 11.4. The average Bonchev–Trinajstić information content (AvgIpc) is 2.74. The molecule has 0 aromatic heterocycles. The fraction of sp³-hybridized carbons (Fsp3) is 0.625. The molecule has 0 saturated heterocycles. The Morgan fingerprint density at radius 3 is 2.64 bits per heavy atom. The van der Waals surface area contributed by atoms with Gasteiger partial charge in [-0.15, -0.1) is 6.58 Å². The van der Waals surface area contributed by atoms with E-state index in [0.29, 0.717) is 6.42 Å². The minimum Gasteiger partial charge on any atom is -0.338 e. The van der Waals surface area contributed by atoms with E-state index in [1.807, 2.05) is 0 Å². The summed E-state index contributed by atoms with van der Waals surface area (Å²) in [5, 5.41) is 0. The average molecular weight is 218 g/mol. The summed E-state index contributed by atoms with van der Waals surface area (Å²) < 4.78 is 11.1. The molecule has 1 aliphatic carbocycles. The zero-order chi connectivity index (χ0) is 11.1. The van der Waals surface area contributed by atoms with Crippen LogP contribution in [-0.4, -0.2) is 34.8 Å². The number of nitrogens with zero attached hydrogens (tertiary/aromatic N) is 1. The van der Waals surface area contributed by atoms with Crippen molar-refractivity contribution in [1.82, 2.24) is 4.90 Å². The third-order valence-electron chi connectivity index (χ3n) is 2.58. The molecule has 0 bridgehead atoms. The Morgan fingerprint density at radius 1 is 1.86 bits per heavy atom. The molecule has 1 fully saturated rings. The Kier molecular flexibility index (Phi) is 2.61. The third kappa shape index (κ3) is 1.75. The van der Waals surface area contributed by atoms with Crippen LogP contribution < -0.4 is 5.73 Å². The number of carbonyl (C=O) groups excluding carboxylic acids is 1. The van der Waals surface area contributed by atoms with Crippen molar-refractivity contribution < 1.29 is 14.3 Å². The van der Waals surface area contributed by atoms with Crippen molar-refractivity contribution in [2.24, 2.45) is 11.7 Å².